The van der Waals surface area contributed by atoms with Crippen LogP contribution in [-0.4, -0.2) is 42.7 Å². The van der Waals surface area contributed by atoms with Crippen LogP contribution in [0.25, 0.3) is 5.57 Å². The lowest BCUT2D eigenvalue weighted by Crippen LogP contribution is -2.23. The van der Waals surface area contributed by atoms with E-state index in [4.69, 9.17) is 4.99 Å². The van der Waals surface area contributed by atoms with Gasteiger partial charge >= 0.3 is 0 Å². The van der Waals surface area contributed by atoms with Crippen molar-refractivity contribution >= 4 is 22.7 Å². The van der Waals surface area contributed by atoms with E-state index in [9.17, 15) is 0 Å². The van der Waals surface area contributed by atoms with Crippen molar-refractivity contribution in [3.05, 3.63) is 137 Å². The smallest absolute Gasteiger partial charge is 0.102 e. The minimum Gasteiger partial charge on any atom is -0.369 e. The number of nitrogens with zero attached hydrogens (tertiary/aromatic N) is 8. The van der Waals surface area contributed by atoms with Gasteiger partial charge < -0.3 is 14.8 Å². The Morgan fingerprint density at radius 1 is 0.800 bits per heavy atom. The van der Waals surface area contributed by atoms with E-state index in [1.54, 1.807) is 0 Å². The van der Waals surface area contributed by atoms with E-state index >= 15 is 0 Å². The molecule has 9 nitrogen and oxygen atoms in total. The third-order valence-electron chi connectivity index (χ3n) is 7.94. The van der Waals surface area contributed by atoms with Crippen LogP contribution < -0.4 is 9.80 Å². The molecule has 5 heterocycles. The highest BCUT2D eigenvalue weighted by Gasteiger charge is 2.20. The zero-order valence-corrected chi connectivity index (χ0v) is 26.6. The molecule has 0 radical (unpaired) electrons. The topological polar surface area (TPSA) is 91.1 Å². The molecule has 0 aliphatic carbocycles. The molecule has 0 fully saturated rings. The Hall–Kier alpha value is -5.31. The second kappa shape index (κ2) is 13.1. The molecular weight excluding hydrogens is 558 g/mol. The lowest BCUT2D eigenvalue weighted by Gasteiger charge is -2.25. The van der Waals surface area contributed by atoms with Crippen LogP contribution in [0.2, 0.25) is 0 Å². The van der Waals surface area contributed by atoms with Gasteiger partial charge in [0.2, 0.25) is 0 Å². The molecule has 0 spiro atoms. The number of aryl methyl sites for hydroxylation is 2. The number of hydrogen-bond donors (Lipinski definition) is 1. The van der Waals surface area contributed by atoms with Crippen molar-refractivity contribution in [3.8, 4) is 0 Å². The predicted molar refractivity (Wildman–Crippen MR) is 181 cm³/mol. The van der Waals surface area contributed by atoms with E-state index in [0.29, 0.717) is 26.2 Å². The third kappa shape index (κ3) is 7.09. The maximum atomic E-state index is 4.86. The van der Waals surface area contributed by atoms with Crippen molar-refractivity contribution in [1.29, 1.82) is 0 Å². The molecule has 228 valence electrons. The Morgan fingerprint density at radius 3 is 2.02 bits per heavy atom. The monoisotopic (exact) mass is 597 g/mol. The standard InChI is InChI=1S/C36H39N9/c1-25-18-27(3)39-35(25)34(36-26(2)19-28(4)40-36)24-45-23-31(41-42-45)20-43(5)32-12-14-33(15-13-32)44(21-29-10-6-8-16-37-29)22-30-11-7-9-17-38-30/h6-19,23,39H,20-22,24H2,1-5H3/b36-34+. The first-order chi connectivity index (χ1) is 21.8. The number of pyridine rings is 2. The molecule has 5 aromatic rings. The Bertz CT molecular complexity index is 1800. The van der Waals surface area contributed by atoms with Gasteiger partial charge in [-0.1, -0.05) is 17.3 Å². The Balaban J connectivity index is 1.17. The molecule has 4 aromatic heterocycles. The molecule has 1 aliphatic rings. The summed E-state index contributed by atoms with van der Waals surface area (Å²) in [5.41, 5.74) is 12.9. The number of aromatic amines is 1. The van der Waals surface area contributed by atoms with Gasteiger partial charge in [0, 0.05) is 53.5 Å². The summed E-state index contributed by atoms with van der Waals surface area (Å²) in [6.07, 6.45) is 7.83. The zero-order chi connectivity index (χ0) is 31.3. The van der Waals surface area contributed by atoms with Crippen molar-refractivity contribution in [3.63, 3.8) is 0 Å². The number of allylic oxidation sites excluding steroid dienone is 3. The molecule has 1 aliphatic heterocycles. The van der Waals surface area contributed by atoms with Gasteiger partial charge in [-0.3, -0.25) is 15.0 Å². The fourth-order valence-corrected chi connectivity index (χ4v) is 5.81. The molecule has 0 unspecified atom stereocenters. The number of benzene rings is 1. The normalized spacial score (nSPS) is 13.9. The first-order valence-corrected chi connectivity index (χ1v) is 15.2. The zero-order valence-electron chi connectivity index (χ0n) is 26.6. The van der Waals surface area contributed by atoms with Gasteiger partial charge in [0.05, 0.1) is 49.5 Å². The van der Waals surface area contributed by atoms with E-state index in [2.05, 4.69) is 111 Å². The summed E-state index contributed by atoms with van der Waals surface area (Å²) in [6, 6.07) is 22.8. The van der Waals surface area contributed by atoms with Crippen LogP contribution >= 0.6 is 0 Å². The predicted octanol–water partition coefficient (Wildman–Crippen LogP) is 6.69. The van der Waals surface area contributed by atoms with Crippen molar-refractivity contribution in [2.45, 2.75) is 53.9 Å². The highest BCUT2D eigenvalue weighted by Crippen LogP contribution is 2.31. The summed E-state index contributed by atoms with van der Waals surface area (Å²) in [6.45, 7) is 11.0. The fraction of sp³-hybridized carbons (Fsp3) is 0.250. The molecule has 45 heavy (non-hydrogen) atoms. The first kappa shape index (κ1) is 29.7. The van der Waals surface area contributed by atoms with Crippen molar-refractivity contribution in [1.82, 2.24) is 29.9 Å². The molecule has 0 saturated carbocycles. The molecular formula is C36H39N9. The molecule has 1 aromatic carbocycles. The van der Waals surface area contributed by atoms with Crippen LogP contribution in [0.5, 0.6) is 0 Å². The maximum Gasteiger partial charge on any atom is 0.102 e. The molecule has 0 saturated heterocycles. The number of rotatable bonds is 11. The minimum atomic E-state index is 0.575. The number of H-pyrrole nitrogens is 1. The summed E-state index contributed by atoms with van der Waals surface area (Å²) in [7, 11) is 2.08. The fourth-order valence-electron chi connectivity index (χ4n) is 5.81. The second-order valence-corrected chi connectivity index (χ2v) is 11.7. The lowest BCUT2D eigenvalue weighted by molar-refractivity contribution is 0.666. The number of aromatic nitrogens is 6. The number of nitrogens with one attached hydrogen (secondary N) is 1. The first-order valence-electron chi connectivity index (χ1n) is 15.2. The molecule has 0 amide bonds. The van der Waals surface area contributed by atoms with E-state index < -0.39 is 0 Å². The summed E-state index contributed by atoms with van der Waals surface area (Å²) in [5.74, 6) is 0. The van der Waals surface area contributed by atoms with Gasteiger partial charge in [0.1, 0.15) is 5.69 Å². The van der Waals surface area contributed by atoms with Crippen molar-refractivity contribution in [2.75, 3.05) is 16.8 Å². The minimum absolute atomic E-state index is 0.575. The van der Waals surface area contributed by atoms with Crippen LogP contribution in [0.3, 0.4) is 0 Å². The maximum absolute atomic E-state index is 4.86. The van der Waals surface area contributed by atoms with Gasteiger partial charge in [-0.05, 0) is 99.5 Å². The quantitative estimate of drug-likeness (QED) is 0.183. The van der Waals surface area contributed by atoms with Crippen LogP contribution in [0.4, 0.5) is 11.4 Å². The number of hydrogen-bond acceptors (Lipinski definition) is 7. The molecule has 0 bridgehead atoms. The largest absolute Gasteiger partial charge is 0.369 e. The van der Waals surface area contributed by atoms with Crippen LogP contribution in [0.1, 0.15) is 47.9 Å². The van der Waals surface area contributed by atoms with Gasteiger partial charge in [-0.2, -0.15) is 0 Å². The van der Waals surface area contributed by atoms with Crippen LogP contribution in [0, 0.1) is 13.8 Å². The van der Waals surface area contributed by atoms with Gasteiger partial charge in [0.25, 0.3) is 0 Å². The Labute approximate surface area is 264 Å². The van der Waals surface area contributed by atoms with E-state index in [0.717, 1.165) is 62.4 Å². The second-order valence-electron chi connectivity index (χ2n) is 11.7. The molecule has 1 N–H and O–H groups in total. The van der Waals surface area contributed by atoms with E-state index in [-0.39, 0.29) is 0 Å². The Morgan fingerprint density at radius 2 is 1.47 bits per heavy atom. The third-order valence-corrected chi connectivity index (χ3v) is 7.94. The van der Waals surface area contributed by atoms with E-state index in [1.165, 1.54) is 5.56 Å². The Kier molecular flexibility index (Phi) is 8.68. The van der Waals surface area contributed by atoms with Crippen molar-refractivity contribution in [2.24, 2.45) is 4.99 Å². The SMILES string of the molecule is CC1=CC(C)=N/C1=C(\Cn1cc(CN(C)c2ccc(N(Cc3ccccn3)Cc3ccccn3)cc2)nn1)c1[nH]c(C)cc1C. The van der Waals surface area contributed by atoms with Gasteiger partial charge in [0.15, 0.2) is 0 Å². The summed E-state index contributed by atoms with van der Waals surface area (Å²) in [4.78, 5) is 22.0. The van der Waals surface area contributed by atoms with E-state index in [1.807, 2.05) is 54.5 Å². The average Bonchev–Trinajstić information content (AvgIpc) is 3.73. The lowest BCUT2D eigenvalue weighted by atomic mass is 10.0. The summed E-state index contributed by atoms with van der Waals surface area (Å²) in [5, 5.41) is 9.02. The summed E-state index contributed by atoms with van der Waals surface area (Å²) >= 11 is 0. The number of anilines is 2. The highest BCUT2D eigenvalue weighted by atomic mass is 15.4. The summed E-state index contributed by atoms with van der Waals surface area (Å²) < 4.78 is 1.91. The number of aliphatic imine (C=N–C) groups is 1. The average molecular weight is 598 g/mol. The highest BCUT2D eigenvalue weighted by molar-refractivity contribution is 5.99. The van der Waals surface area contributed by atoms with Gasteiger partial charge in [-0.15, -0.1) is 5.10 Å². The van der Waals surface area contributed by atoms with Gasteiger partial charge in [-0.25, -0.2) is 4.68 Å². The van der Waals surface area contributed by atoms with Crippen LogP contribution in [0.15, 0.2) is 108 Å². The molecule has 9 heteroatoms. The molecule has 0 atom stereocenters. The molecule has 6 rings (SSSR count). The van der Waals surface area contributed by atoms with Crippen LogP contribution in [-0.2, 0) is 26.2 Å². The van der Waals surface area contributed by atoms with Crippen molar-refractivity contribution < 1.29 is 0 Å².